The maximum Gasteiger partial charge on any atom is 0.287 e. The molecule has 2 N–H and O–H groups in total. The summed E-state index contributed by atoms with van der Waals surface area (Å²) in [4.78, 5) is 40.9. The minimum absolute atomic E-state index is 0.0841. The number of aryl methyl sites for hydroxylation is 1. The average Bonchev–Trinajstić information content (AvgIpc) is 3.66. The number of rotatable bonds is 10. The van der Waals surface area contributed by atoms with Crippen LogP contribution in [0.4, 0.5) is 0 Å². The highest BCUT2D eigenvalue weighted by Gasteiger charge is 2.34. The van der Waals surface area contributed by atoms with Crippen molar-refractivity contribution in [2.45, 2.75) is 57.7 Å². The molecular formula is C27H31N3O5. The SMILES string of the molecule is CCc1ccc([C@H](C(=O)NC2CCCC2)N(Cc2ccco2)C(=O)CNC(=O)c2ccco2)cc1. The molecule has 4 rings (SSSR count). The van der Waals surface area contributed by atoms with Crippen LogP contribution in [0.15, 0.2) is 69.9 Å². The van der Waals surface area contributed by atoms with Crippen molar-refractivity contribution in [2.24, 2.45) is 0 Å². The first-order valence-corrected chi connectivity index (χ1v) is 12.1. The van der Waals surface area contributed by atoms with Crippen LogP contribution in [0.1, 0.15) is 66.1 Å². The van der Waals surface area contributed by atoms with Gasteiger partial charge in [0.25, 0.3) is 5.91 Å². The first kappa shape index (κ1) is 24.3. The molecule has 1 aliphatic rings. The van der Waals surface area contributed by atoms with Crippen molar-refractivity contribution in [1.29, 1.82) is 0 Å². The molecule has 2 heterocycles. The second-order valence-electron chi connectivity index (χ2n) is 8.75. The quantitative estimate of drug-likeness (QED) is 0.459. The highest BCUT2D eigenvalue weighted by molar-refractivity contribution is 5.95. The molecule has 0 radical (unpaired) electrons. The molecule has 184 valence electrons. The second kappa shape index (κ2) is 11.6. The summed E-state index contributed by atoms with van der Waals surface area (Å²) in [7, 11) is 0. The van der Waals surface area contributed by atoms with Crippen LogP contribution in [-0.2, 0) is 22.6 Å². The number of carbonyl (C=O) groups is 3. The molecule has 3 amide bonds. The maximum atomic E-state index is 13.6. The van der Waals surface area contributed by atoms with Gasteiger partial charge in [-0.2, -0.15) is 0 Å². The van der Waals surface area contributed by atoms with E-state index in [2.05, 4.69) is 17.6 Å². The molecule has 0 bridgehead atoms. The minimum atomic E-state index is -0.875. The molecule has 1 aliphatic carbocycles. The molecule has 8 nitrogen and oxygen atoms in total. The minimum Gasteiger partial charge on any atom is -0.467 e. The Morgan fingerprint density at radius 1 is 1.00 bits per heavy atom. The molecule has 1 aromatic carbocycles. The van der Waals surface area contributed by atoms with Crippen LogP contribution in [0.2, 0.25) is 0 Å². The van der Waals surface area contributed by atoms with Crippen LogP contribution in [0, 0.1) is 0 Å². The van der Waals surface area contributed by atoms with Crippen molar-refractivity contribution < 1.29 is 23.2 Å². The van der Waals surface area contributed by atoms with Gasteiger partial charge in [-0.1, -0.05) is 44.0 Å². The predicted molar refractivity (Wildman–Crippen MR) is 129 cm³/mol. The smallest absolute Gasteiger partial charge is 0.287 e. The molecular weight excluding hydrogens is 446 g/mol. The van der Waals surface area contributed by atoms with E-state index in [0.717, 1.165) is 37.7 Å². The standard InChI is InChI=1S/C27H31N3O5/c1-2-19-11-13-20(14-12-19)25(27(33)29-21-7-3-4-8-21)30(18-22-9-5-15-34-22)24(31)17-28-26(32)23-10-6-16-35-23/h5-6,9-16,21,25H,2-4,7-8,17-18H2,1H3,(H,28,32)(H,29,33)/t25-/m1/s1. The van der Waals surface area contributed by atoms with Crippen molar-refractivity contribution in [3.05, 3.63) is 83.7 Å². The molecule has 35 heavy (non-hydrogen) atoms. The van der Waals surface area contributed by atoms with E-state index >= 15 is 0 Å². The highest BCUT2D eigenvalue weighted by atomic mass is 16.3. The van der Waals surface area contributed by atoms with E-state index in [1.165, 1.54) is 23.5 Å². The second-order valence-corrected chi connectivity index (χ2v) is 8.75. The molecule has 1 saturated carbocycles. The highest BCUT2D eigenvalue weighted by Crippen LogP contribution is 2.26. The van der Waals surface area contributed by atoms with E-state index in [-0.39, 0.29) is 30.8 Å². The van der Waals surface area contributed by atoms with Gasteiger partial charge in [0, 0.05) is 6.04 Å². The third-order valence-corrected chi connectivity index (χ3v) is 6.34. The van der Waals surface area contributed by atoms with E-state index in [0.29, 0.717) is 11.3 Å². The van der Waals surface area contributed by atoms with Gasteiger partial charge in [-0.3, -0.25) is 14.4 Å². The third-order valence-electron chi connectivity index (χ3n) is 6.34. The Hall–Kier alpha value is -3.81. The van der Waals surface area contributed by atoms with Gasteiger partial charge in [-0.05, 0) is 54.7 Å². The largest absolute Gasteiger partial charge is 0.467 e. The number of furan rings is 2. The summed E-state index contributed by atoms with van der Waals surface area (Å²) in [5, 5.41) is 5.74. The number of nitrogens with zero attached hydrogens (tertiary/aromatic N) is 1. The van der Waals surface area contributed by atoms with Gasteiger partial charge in [0.1, 0.15) is 11.8 Å². The van der Waals surface area contributed by atoms with Crippen LogP contribution in [0.25, 0.3) is 0 Å². The van der Waals surface area contributed by atoms with Gasteiger partial charge >= 0.3 is 0 Å². The summed E-state index contributed by atoms with van der Waals surface area (Å²) in [5.74, 6) is -0.493. The van der Waals surface area contributed by atoms with Crippen LogP contribution in [0.3, 0.4) is 0 Å². The summed E-state index contributed by atoms with van der Waals surface area (Å²) in [6.07, 6.45) is 7.80. The van der Waals surface area contributed by atoms with E-state index in [4.69, 9.17) is 8.83 Å². The third kappa shape index (κ3) is 6.20. The summed E-state index contributed by atoms with van der Waals surface area (Å²) in [6.45, 7) is 1.86. The molecule has 3 aromatic rings. The van der Waals surface area contributed by atoms with Gasteiger partial charge in [-0.25, -0.2) is 0 Å². The van der Waals surface area contributed by atoms with Gasteiger partial charge < -0.3 is 24.4 Å². The Balaban J connectivity index is 1.61. The van der Waals surface area contributed by atoms with Gasteiger partial charge in [0.15, 0.2) is 5.76 Å². The first-order valence-electron chi connectivity index (χ1n) is 12.1. The lowest BCUT2D eigenvalue weighted by Gasteiger charge is -2.32. The number of amides is 3. The Bertz CT molecular complexity index is 1100. The number of hydrogen-bond acceptors (Lipinski definition) is 5. The fourth-order valence-electron chi connectivity index (χ4n) is 4.40. The summed E-state index contributed by atoms with van der Waals surface area (Å²) < 4.78 is 10.6. The monoisotopic (exact) mass is 477 g/mol. The molecule has 0 saturated heterocycles. The van der Waals surface area contributed by atoms with Crippen molar-refractivity contribution in [3.8, 4) is 0 Å². The Labute approximate surface area is 204 Å². The van der Waals surface area contributed by atoms with E-state index in [9.17, 15) is 14.4 Å². The number of benzene rings is 1. The fourth-order valence-corrected chi connectivity index (χ4v) is 4.40. The van der Waals surface area contributed by atoms with Crippen LogP contribution in [-0.4, -0.2) is 35.2 Å². The van der Waals surface area contributed by atoms with Gasteiger partial charge in [0.2, 0.25) is 11.8 Å². The average molecular weight is 478 g/mol. The van der Waals surface area contributed by atoms with Crippen molar-refractivity contribution >= 4 is 17.7 Å². The molecule has 0 aliphatic heterocycles. The Morgan fingerprint density at radius 2 is 1.71 bits per heavy atom. The molecule has 0 unspecified atom stereocenters. The maximum absolute atomic E-state index is 13.6. The van der Waals surface area contributed by atoms with Gasteiger partial charge in [-0.15, -0.1) is 0 Å². The lowest BCUT2D eigenvalue weighted by atomic mass is 10.0. The zero-order chi connectivity index (χ0) is 24.6. The molecule has 8 heteroatoms. The van der Waals surface area contributed by atoms with Crippen molar-refractivity contribution in [3.63, 3.8) is 0 Å². The van der Waals surface area contributed by atoms with Crippen LogP contribution in [0.5, 0.6) is 0 Å². The van der Waals surface area contributed by atoms with E-state index in [1.807, 2.05) is 24.3 Å². The Kier molecular flexibility index (Phi) is 8.03. The summed E-state index contributed by atoms with van der Waals surface area (Å²) in [5.41, 5.74) is 1.84. The van der Waals surface area contributed by atoms with E-state index in [1.54, 1.807) is 18.2 Å². The predicted octanol–water partition coefficient (Wildman–Crippen LogP) is 3.99. The van der Waals surface area contributed by atoms with Crippen LogP contribution < -0.4 is 10.6 Å². The summed E-state index contributed by atoms with van der Waals surface area (Å²) >= 11 is 0. The lowest BCUT2D eigenvalue weighted by Crippen LogP contribution is -2.48. The molecule has 2 aromatic heterocycles. The number of carbonyl (C=O) groups excluding carboxylic acids is 3. The zero-order valence-corrected chi connectivity index (χ0v) is 19.9. The molecule has 1 fully saturated rings. The number of hydrogen-bond donors (Lipinski definition) is 2. The zero-order valence-electron chi connectivity index (χ0n) is 19.9. The topological polar surface area (TPSA) is 105 Å². The fraction of sp³-hybridized carbons (Fsp3) is 0.370. The van der Waals surface area contributed by atoms with Crippen molar-refractivity contribution in [2.75, 3.05) is 6.54 Å². The van der Waals surface area contributed by atoms with Crippen LogP contribution >= 0.6 is 0 Å². The summed E-state index contributed by atoms with van der Waals surface area (Å²) in [6, 6.07) is 13.6. The van der Waals surface area contributed by atoms with Crippen molar-refractivity contribution in [1.82, 2.24) is 15.5 Å². The van der Waals surface area contributed by atoms with Gasteiger partial charge in [0.05, 0.1) is 25.6 Å². The Morgan fingerprint density at radius 3 is 2.34 bits per heavy atom. The molecule has 0 spiro atoms. The lowest BCUT2D eigenvalue weighted by molar-refractivity contribution is -0.141. The normalized spacial score (nSPS) is 14.4. The molecule has 1 atom stereocenters. The van der Waals surface area contributed by atoms with E-state index < -0.39 is 17.9 Å². The number of nitrogens with one attached hydrogen (secondary N) is 2. The first-order chi connectivity index (χ1) is 17.0.